The first kappa shape index (κ1) is 18.9. The van der Waals surface area contributed by atoms with Gasteiger partial charge in [0.15, 0.2) is 0 Å². The number of carbonyl (C=O) groups is 2. The zero-order chi connectivity index (χ0) is 16.9. The van der Waals surface area contributed by atoms with E-state index in [0.29, 0.717) is 4.47 Å². The van der Waals surface area contributed by atoms with Gasteiger partial charge in [-0.1, -0.05) is 17.7 Å². The molecule has 0 saturated carbocycles. The van der Waals surface area contributed by atoms with Gasteiger partial charge < -0.3 is 15.2 Å². The molecule has 0 fully saturated rings. The number of ether oxygens (including phenoxy) is 1. The highest BCUT2D eigenvalue weighted by Gasteiger charge is 2.23. The monoisotopic (exact) mass is 391 g/mol. The van der Waals surface area contributed by atoms with E-state index in [4.69, 9.17) is 16.3 Å². The molecule has 0 radical (unpaired) electrons. The summed E-state index contributed by atoms with van der Waals surface area (Å²) in [6.07, 6.45) is 0.171. The Bertz CT molecular complexity index is 557. The molecule has 0 bridgehead atoms. The molecule has 0 spiro atoms. The van der Waals surface area contributed by atoms with Gasteiger partial charge >= 0.3 is 5.97 Å². The van der Waals surface area contributed by atoms with Crippen LogP contribution in [0.25, 0.3) is 0 Å². The number of carbonyl (C=O) groups excluding carboxylic acids is 1. The van der Waals surface area contributed by atoms with Crippen molar-refractivity contribution in [1.29, 1.82) is 0 Å². The van der Waals surface area contributed by atoms with Gasteiger partial charge in [0.1, 0.15) is 6.04 Å². The summed E-state index contributed by atoms with van der Waals surface area (Å²) in [5, 5.41) is 11.9. The van der Waals surface area contributed by atoms with Crippen LogP contribution in [0.15, 0.2) is 22.7 Å². The summed E-state index contributed by atoms with van der Waals surface area (Å²) in [4.78, 5) is 23.4. The van der Waals surface area contributed by atoms with Crippen LogP contribution >= 0.6 is 27.5 Å². The molecule has 1 unspecified atom stereocenters. The third-order valence-electron chi connectivity index (χ3n) is 2.74. The lowest BCUT2D eigenvalue weighted by Gasteiger charge is -2.21. The lowest BCUT2D eigenvalue weighted by Crippen LogP contribution is -2.42. The molecule has 0 heterocycles. The van der Waals surface area contributed by atoms with E-state index < -0.39 is 17.9 Å². The van der Waals surface area contributed by atoms with Gasteiger partial charge in [-0.3, -0.25) is 4.79 Å². The fourth-order valence-corrected chi connectivity index (χ4v) is 2.23. The van der Waals surface area contributed by atoms with E-state index in [9.17, 15) is 14.7 Å². The molecule has 1 atom stereocenters. The SMILES string of the molecule is CC(C)(C)OCCC(NC(=O)c1cccc(Br)c1Cl)C(=O)O. The van der Waals surface area contributed by atoms with E-state index in [0.717, 1.165) is 0 Å². The maximum atomic E-state index is 12.2. The van der Waals surface area contributed by atoms with Crippen LogP contribution in [-0.4, -0.2) is 35.2 Å². The van der Waals surface area contributed by atoms with Crippen LogP contribution in [-0.2, 0) is 9.53 Å². The Morgan fingerprint density at radius 1 is 1.41 bits per heavy atom. The smallest absolute Gasteiger partial charge is 0.326 e. The molecule has 0 aliphatic carbocycles. The van der Waals surface area contributed by atoms with Gasteiger partial charge in [-0.05, 0) is 48.8 Å². The highest BCUT2D eigenvalue weighted by Crippen LogP contribution is 2.26. The van der Waals surface area contributed by atoms with E-state index in [-0.39, 0.29) is 29.2 Å². The Morgan fingerprint density at radius 3 is 2.59 bits per heavy atom. The number of hydrogen-bond acceptors (Lipinski definition) is 3. The summed E-state index contributed by atoms with van der Waals surface area (Å²) < 4.78 is 6.07. The number of amides is 1. The van der Waals surface area contributed by atoms with Crippen molar-refractivity contribution in [1.82, 2.24) is 5.32 Å². The Morgan fingerprint density at radius 2 is 2.05 bits per heavy atom. The van der Waals surface area contributed by atoms with E-state index in [1.54, 1.807) is 12.1 Å². The lowest BCUT2D eigenvalue weighted by atomic mass is 10.1. The lowest BCUT2D eigenvalue weighted by molar-refractivity contribution is -0.140. The number of rotatable bonds is 6. The van der Waals surface area contributed by atoms with Gasteiger partial charge in [-0.25, -0.2) is 4.79 Å². The quantitative estimate of drug-likeness (QED) is 0.777. The summed E-state index contributed by atoms with van der Waals surface area (Å²) in [6.45, 7) is 5.86. The summed E-state index contributed by atoms with van der Waals surface area (Å²) in [5.41, 5.74) is -0.139. The van der Waals surface area contributed by atoms with Gasteiger partial charge in [-0.2, -0.15) is 0 Å². The molecule has 2 N–H and O–H groups in total. The van der Waals surface area contributed by atoms with Crippen LogP contribution in [0.5, 0.6) is 0 Å². The maximum absolute atomic E-state index is 12.2. The second-order valence-corrected chi connectivity index (χ2v) is 6.95. The zero-order valence-corrected chi connectivity index (χ0v) is 15.0. The van der Waals surface area contributed by atoms with Crippen molar-refractivity contribution in [2.24, 2.45) is 0 Å². The highest BCUT2D eigenvalue weighted by atomic mass is 79.9. The molecule has 7 heteroatoms. The van der Waals surface area contributed by atoms with E-state index in [2.05, 4.69) is 21.2 Å². The molecule has 1 rings (SSSR count). The molecular formula is C15H19BrClNO4. The van der Waals surface area contributed by atoms with E-state index in [1.165, 1.54) is 6.07 Å². The number of benzene rings is 1. The normalized spacial score (nSPS) is 12.8. The molecule has 0 aliphatic heterocycles. The summed E-state index contributed by atoms with van der Waals surface area (Å²) in [6, 6.07) is 3.85. The topological polar surface area (TPSA) is 75.6 Å². The number of hydrogen-bond donors (Lipinski definition) is 2. The van der Waals surface area contributed by atoms with Crippen molar-refractivity contribution in [3.8, 4) is 0 Å². The van der Waals surface area contributed by atoms with E-state index in [1.807, 2.05) is 20.8 Å². The first-order valence-electron chi connectivity index (χ1n) is 6.73. The predicted octanol–water partition coefficient (Wildman–Crippen LogP) is 3.49. The van der Waals surface area contributed by atoms with Crippen molar-refractivity contribution < 1.29 is 19.4 Å². The van der Waals surface area contributed by atoms with Crippen molar-refractivity contribution in [3.05, 3.63) is 33.3 Å². The largest absolute Gasteiger partial charge is 0.480 e. The van der Waals surface area contributed by atoms with Gasteiger partial charge in [-0.15, -0.1) is 0 Å². The van der Waals surface area contributed by atoms with Crippen LogP contribution < -0.4 is 5.32 Å². The fourth-order valence-electron chi connectivity index (χ4n) is 1.66. The van der Waals surface area contributed by atoms with E-state index >= 15 is 0 Å². The van der Waals surface area contributed by atoms with Crippen LogP contribution in [0.2, 0.25) is 5.02 Å². The molecular weight excluding hydrogens is 374 g/mol. The second kappa shape index (κ2) is 7.94. The van der Waals surface area contributed by atoms with Gasteiger partial charge in [0, 0.05) is 17.5 Å². The molecule has 1 amide bonds. The first-order valence-corrected chi connectivity index (χ1v) is 7.90. The number of carboxylic acids is 1. The molecule has 0 aromatic heterocycles. The summed E-state index contributed by atoms with van der Waals surface area (Å²) in [5.74, 6) is -1.65. The minimum absolute atomic E-state index is 0.171. The molecule has 0 aliphatic rings. The van der Waals surface area contributed by atoms with Crippen LogP contribution in [0.1, 0.15) is 37.6 Å². The second-order valence-electron chi connectivity index (χ2n) is 5.72. The van der Waals surface area contributed by atoms with Crippen molar-refractivity contribution >= 4 is 39.4 Å². The third-order valence-corrected chi connectivity index (χ3v) is 4.04. The predicted molar refractivity (Wildman–Crippen MR) is 88.4 cm³/mol. The Balaban J connectivity index is 2.72. The van der Waals surface area contributed by atoms with Crippen LogP contribution in [0.4, 0.5) is 0 Å². The van der Waals surface area contributed by atoms with Crippen LogP contribution in [0.3, 0.4) is 0 Å². The molecule has 1 aromatic carbocycles. The fraction of sp³-hybridized carbons (Fsp3) is 0.467. The molecule has 5 nitrogen and oxygen atoms in total. The Labute approximate surface area is 143 Å². The maximum Gasteiger partial charge on any atom is 0.326 e. The van der Waals surface area contributed by atoms with Gasteiger partial charge in [0.25, 0.3) is 5.91 Å². The first-order chi connectivity index (χ1) is 10.1. The van der Waals surface area contributed by atoms with Crippen LogP contribution in [0, 0.1) is 0 Å². The average molecular weight is 393 g/mol. The number of aliphatic carboxylic acids is 1. The molecule has 22 heavy (non-hydrogen) atoms. The van der Waals surface area contributed by atoms with Crippen molar-refractivity contribution in [2.45, 2.75) is 38.8 Å². The van der Waals surface area contributed by atoms with Crippen molar-refractivity contribution in [3.63, 3.8) is 0 Å². The minimum Gasteiger partial charge on any atom is -0.480 e. The molecule has 122 valence electrons. The number of halogens is 2. The third kappa shape index (κ3) is 5.94. The molecule has 1 aromatic rings. The zero-order valence-electron chi connectivity index (χ0n) is 12.7. The highest BCUT2D eigenvalue weighted by molar-refractivity contribution is 9.10. The minimum atomic E-state index is -1.11. The van der Waals surface area contributed by atoms with Gasteiger partial charge in [0.05, 0.1) is 16.2 Å². The number of carboxylic acid groups (broad SMARTS) is 1. The number of nitrogens with one attached hydrogen (secondary N) is 1. The average Bonchev–Trinajstić information content (AvgIpc) is 2.39. The van der Waals surface area contributed by atoms with Crippen molar-refractivity contribution in [2.75, 3.05) is 6.61 Å². The Hall–Kier alpha value is -1.11. The molecule has 0 saturated heterocycles. The standard InChI is InChI=1S/C15H19BrClNO4/c1-15(2,3)22-8-7-11(14(20)21)18-13(19)9-5-4-6-10(16)12(9)17/h4-6,11H,7-8H2,1-3H3,(H,18,19)(H,20,21). The Kier molecular flexibility index (Phi) is 6.84. The van der Waals surface area contributed by atoms with Gasteiger partial charge in [0.2, 0.25) is 0 Å². The summed E-state index contributed by atoms with van der Waals surface area (Å²) in [7, 11) is 0. The summed E-state index contributed by atoms with van der Waals surface area (Å²) >= 11 is 9.26.